The van der Waals surface area contributed by atoms with E-state index >= 15 is 0 Å². The van der Waals surface area contributed by atoms with E-state index in [1.807, 2.05) is 13.8 Å². The minimum absolute atomic E-state index is 0.106. The highest BCUT2D eigenvalue weighted by molar-refractivity contribution is 4.39. The molecule has 0 bridgehead atoms. The molecule has 0 heterocycles. The van der Waals surface area contributed by atoms with Crippen molar-refractivity contribution < 1.29 is 5.21 Å². The van der Waals surface area contributed by atoms with Gasteiger partial charge in [-0.05, 0) is 13.8 Å². The predicted molar refractivity (Wildman–Crippen MR) is 21.8 cm³/mol. The Bertz CT molecular complexity index is 50.8. The topological polar surface area (TPSA) is 45.0 Å². The summed E-state index contributed by atoms with van der Waals surface area (Å²) in [7, 11) is 0. The van der Waals surface area contributed by atoms with Crippen LogP contribution < -0.4 is 0 Å². The summed E-state index contributed by atoms with van der Waals surface area (Å²) in [5, 5.41) is 13.6. The van der Waals surface area contributed by atoms with Crippen LogP contribution in [0, 0.1) is 0 Å². The number of hydrogen-bond donors (Lipinski definition) is 1. The van der Waals surface area contributed by atoms with Crippen LogP contribution in [0.4, 0.5) is 0 Å². The smallest absolute Gasteiger partial charge is 0.0688 e. The first kappa shape index (κ1) is 5.40. The van der Waals surface area contributed by atoms with E-state index in [9.17, 15) is 0 Å². The van der Waals surface area contributed by atoms with Crippen molar-refractivity contribution in [1.82, 2.24) is 0 Å². The van der Waals surface area contributed by atoms with Gasteiger partial charge in [0, 0.05) is 5.28 Å². The van der Waals surface area contributed by atoms with Gasteiger partial charge in [-0.3, -0.25) is 0 Å². The molecule has 0 aliphatic heterocycles. The number of rotatable bonds is 1. The summed E-state index contributed by atoms with van der Waals surface area (Å²) in [4.78, 5) is 0. The summed E-state index contributed by atoms with van der Waals surface area (Å²) in [5.74, 6) is 0. The Morgan fingerprint density at radius 2 is 2.00 bits per heavy atom. The molecule has 0 aromatic rings. The molecule has 0 aliphatic carbocycles. The normalized spacial score (nSPS) is 11.2. The lowest BCUT2D eigenvalue weighted by Gasteiger charge is -1.84. The van der Waals surface area contributed by atoms with Crippen molar-refractivity contribution >= 4 is 0 Å². The van der Waals surface area contributed by atoms with Gasteiger partial charge in [-0.25, -0.2) is 0 Å². The Labute approximate surface area is 36.7 Å². The Morgan fingerprint density at radius 3 is 2.00 bits per heavy atom. The SMILES string of the molecule is CC(C)/N=N\O. The third-order valence-electron chi connectivity index (χ3n) is 0.283. The fraction of sp³-hybridized carbons (Fsp3) is 1.00. The van der Waals surface area contributed by atoms with Gasteiger partial charge in [0.2, 0.25) is 0 Å². The molecule has 6 heavy (non-hydrogen) atoms. The zero-order valence-electron chi connectivity index (χ0n) is 3.92. The van der Waals surface area contributed by atoms with E-state index in [4.69, 9.17) is 5.21 Å². The van der Waals surface area contributed by atoms with Crippen molar-refractivity contribution in [2.45, 2.75) is 19.9 Å². The second-order valence-electron chi connectivity index (χ2n) is 1.30. The molecule has 0 spiro atoms. The van der Waals surface area contributed by atoms with E-state index in [0.717, 1.165) is 0 Å². The van der Waals surface area contributed by atoms with Gasteiger partial charge in [-0.15, -0.1) is 0 Å². The molecule has 0 radical (unpaired) electrons. The first-order chi connectivity index (χ1) is 2.77. The van der Waals surface area contributed by atoms with Crippen molar-refractivity contribution in [1.29, 1.82) is 0 Å². The van der Waals surface area contributed by atoms with Crippen molar-refractivity contribution in [2.24, 2.45) is 10.4 Å². The largest absolute Gasteiger partial charge is 0.395 e. The van der Waals surface area contributed by atoms with Crippen LogP contribution in [0.15, 0.2) is 10.4 Å². The lowest BCUT2D eigenvalue weighted by Crippen LogP contribution is -1.83. The van der Waals surface area contributed by atoms with Crippen LogP contribution in [-0.4, -0.2) is 11.2 Å². The molecule has 0 unspecified atom stereocenters. The lowest BCUT2D eigenvalue weighted by atomic mass is 10.4. The summed E-state index contributed by atoms with van der Waals surface area (Å²) in [5.41, 5.74) is 0. The Balaban J connectivity index is 3.03. The molecule has 0 aromatic heterocycles. The average Bonchev–Trinajstić information content (AvgIpc) is 1.35. The molecule has 0 aromatic carbocycles. The summed E-state index contributed by atoms with van der Waals surface area (Å²) in [6.07, 6.45) is 0. The van der Waals surface area contributed by atoms with Crippen LogP contribution in [0.25, 0.3) is 0 Å². The predicted octanol–water partition coefficient (Wildman–Crippen LogP) is 1.24. The number of nitrogens with zero attached hydrogens (tertiary/aromatic N) is 2. The molecule has 36 valence electrons. The van der Waals surface area contributed by atoms with Gasteiger partial charge in [0.15, 0.2) is 0 Å². The highest BCUT2D eigenvalue weighted by Crippen LogP contribution is 1.82. The molecular formula is C3H8N2O. The Hall–Kier alpha value is -0.600. The maximum Gasteiger partial charge on any atom is 0.0688 e. The standard InChI is InChI=1S/C3H8N2O/c1-3(2)4-5-6/h3H,1-2H3,(H,4,6). The summed E-state index contributed by atoms with van der Waals surface area (Å²) >= 11 is 0. The van der Waals surface area contributed by atoms with Gasteiger partial charge >= 0.3 is 0 Å². The lowest BCUT2D eigenvalue weighted by molar-refractivity contribution is 0.275. The van der Waals surface area contributed by atoms with Crippen molar-refractivity contribution in [2.75, 3.05) is 0 Å². The highest BCUT2D eigenvalue weighted by atomic mass is 16.5. The van der Waals surface area contributed by atoms with Gasteiger partial charge in [0.25, 0.3) is 0 Å². The van der Waals surface area contributed by atoms with Gasteiger partial charge in [0.05, 0.1) is 6.04 Å². The summed E-state index contributed by atoms with van der Waals surface area (Å²) in [6, 6.07) is 0.106. The Kier molecular flexibility index (Phi) is 2.36. The minimum Gasteiger partial charge on any atom is -0.395 e. The molecule has 0 saturated heterocycles. The van der Waals surface area contributed by atoms with E-state index < -0.39 is 0 Å². The van der Waals surface area contributed by atoms with Crippen molar-refractivity contribution in [3.63, 3.8) is 0 Å². The van der Waals surface area contributed by atoms with E-state index in [1.54, 1.807) is 0 Å². The molecule has 0 rings (SSSR count). The summed E-state index contributed by atoms with van der Waals surface area (Å²) in [6.45, 7) is 3.67. The maximum atomic E-state index is 7.70. The van der Waals surface area contributed by atoms with Crippen LogP contribution in [-0.2, 0) is 0 Å². The van der Waals surface area contributed by atoms with Gasteiger partial charge in [-0.2, -0.15) is 5.11 Å². The monoisotopic (exact) mass is 88.1 g/mol. The van der Waals surface area contributed by atoms with E-state index in [-0.39, 0.29) is 6.04 Å². The molecule has 3 heteroatoms. The molecule has 0 aliphatic rings. The first-order valence-corrected chi connectivity index (χ1v) is 1.81. The molecule has 1 N–H and O–H groups in total. The molecule has 0 saturated carbocycles. The van der Waals surface area contributed by atoms with Gasteiger partial charge < -0.3 is 5.21 Å². The second kappa shape index (κ2) is 2.63. The van der Waals surface area contributed by atoms with Gasteiger partial charge in [0.1, 0.15) is 0 Å². The molecule has 0 atom stereocenters. The third-order valence-corrected chi connectivity index (χ3v) is 0.283. The van der Waals surface area contributed by atoms with Crippen molar-refractivity contribution in [3.05, 3.63) is 0 Å². The molecule has 0 amide bonds. The quantitative estimate of drug-likeness (QED) is 0.380. The van der Waals surface area contributed by atoms with Crippen LogP contribution >= 0.6 is 0 Å². The van der Waals surface area contributed by atoms with Crippen molar-refractivity contribution in [3.8, 4) is 0 Å². The second-order valence-corrected chi connectivity index (χ2v) is 1.30. The van der Waals surface area contributed by atoms with E-state index in [2.05, 4.69) is 10.4 Å². The first-order valence-electron chi connectivity index (χ1n) is 1.81. The highest BCUT2D eigenvalue weighted by Gasteiger charge is 1.80. The van der Waals surface area contributed by atoms with E-state index in [0.29, 0.717) is 0 Å². The zero-order valence-corrected chi connectivity index (χ0v) is 3.92. The fourth-order valence-corrected chi connectivity index (χ4v) is 0.103. The maximum absolute atomic E-state index is 7.70. The average molecular weight is 88.1 g/mol. The van der Waals surface area contributed by atoms with Crippen LogP contribution in [0.2, 0.25) is 0 Å². The fourth-order valence-electron chi connectivity index (χ4n) is 0.103. The Morgan fingerprint density at radius 1 is 1.50 bits per heavy atom. The van der Waals surface area contributed by atoms with Crippen LogP contribution in [0.3, 0.4) is 0 Å². The van der Waals surface area contributed by atoms with Crippen LogP contribution in [0.1, 0.15) is 13.8 Å². The van der Waals surface area contributed by atoms with Crippen LogP contribution in [0.5, 0.6) is 0 Å². The molecule has 3 nitrogen and oxygen atoms in total. The third kappa shape index (κ3) is 3.40. The number of hydrogen-bond acceptors (Lipinski definition) is 2. The van der Waals surface area contributed by atoms with E-state index in [1.165, 1.54) is 0 Å². The summed E-state index contributed by atoms with van der Waals surface area (Å²) < 4.78 is 0. The minimum atomic E-state index is 0.106. The molecule has 0 fully saturated rings. The zero-order chi connectivity index (χ0) is 4.99. The van der Waals surface area contributed by atoms with Gasteiger partial charge in [-0.1, -0.05) is 0 Å². The molecular weight excluding hydrogens is 80.0 g/mol.